The zero-order valence-electron chi connectivity index (χ0n) is 10.9. The Morgan fingerprint density at radius 3 is 2.50 bits per heavy atom. The van der Waals surface area contributed by atoms with Crippen molar-refractivity contribution < 1.29 is 13.6 Å². The van der Waals surface area contributed by atoms with Crippen molar-refractivity contribution in [2.75, 3.05) is 5.32 Å². The molecule has 0 saturated heterocycles. The average Bonchev–Trinajstić information content (AvgIpc) is 2.39. The van der Waals surface area contributed by atoms with Gasteiger partial charge in [0.15, 0.2) is 11.6 Å². The van der Waals surface area contributed by atoms with E-state index in [0.29, 0.717) is 5.69 Å². The lowest BCUT2D eigenvalue weighted by molar-refractivity contribution is -0.118. The summed E-state index contributed by atoms with van der Waals surface area (Å²) >= 11 is 0. The van der Waals surface area contributed by atoms with Crippen LogP contribution in [0.3, 0.4) is 0 Å². The van der Waals surface area contributed by atoms with E-state index in [1.165, 1.54) is 6.07 Å². The molecule has 0 fully saturated rings. The molecule has 1 amide bonds. The number of carbonyl (C=O) groups is 1. The van der Waals surface area contributed by atoms with Gasteiger partial charge in [-0.25, -0.2) is 8.78 Å². The smallest absolute Gasteiger partial charge is 0.244 e. The van der Waals surface area contributed by atoms with Gasteiger partial charge in [0.1, 0.15) is 6.04 Å². The monoisotopic (exact) mass is 276 g/mol. The molecule has 1 atom stereocenters. The van der Waals surface area contributed by atoms with Crippen LogP contribution >= 0.6 is 0 Å². The Morgan fingerprint density at radius 2 is 1.90 bits per heavy atom. The Hall–Kier alpha value is -2.43. The molecule has 104 valence electrons. The van der Waals surface area contributed by atoms with E-state index in [1.54, 1.807) is 6.07 Å². The second-order valence-corrected chi connectivity index (χ2v) is 4.52. The lowest BCUT2D eigenvalue weighted by Crippen LogP contribution is -2.27. The molecule has 0 aliphatic heterocycles. The van der Waals surface area contributed by atoms with Gasteiger partial charge in [-0.1, -0.05) is 18.2 Å². The zero-order chi connectivity index (χ0) is 14.7. The van der Waals surface area contributed by atoms with Gasteiger partial charge < -0.3 is 11.1 Å². The Balaban J connectivity index is 2.32. The maximum Gasteiger partial charge on any atom is 0.244 e. The van der Waals surface area contributed by atoms with Crippen LogP contribution in [0.1, 0.15) is 17.2 Å². The van der Waals surface area contributed by atoms with Gasteiger partial charge in [0.05, 0.1) is 0 Å². The number of aryl methyl sites for hydroxylation is 1. The third kappa shape index (κ3) is 3.12. The summed E-state index contributed by atoms with van der Waals surface area (Å²) < 4.78 is 26.2. The van der Waals surface area contributed by atoms with Gasteiger partial charge in [-0.2, -0.15) is 0 Å². The molecule has 2 rings (SSSR count). The van der Waals surface area contributed by atoms with Gasteiger partial charge in [-0.15, -0.1) is 0 Å². The summed E-state index contributed by atoms with van der Waals surface area (Å²) in [4.78, 5) is 11.5. The molecule has 20 heavy (non-hydrogen) atoms. The van der Waals surface area contributed by atoms with E-state index in [-0.39, 0.29) is 5.56 Å². The summed E-state index contributed by atoms with van der Waals surface area (Å²) in [5, 5.41) is 2.92. The SMILES string of the molecule is Cc1cccc(NC(C(N)=O)c2ccc(F)c(F)c2)c1. The van der Waals surface area contributed by atoms with Crippen LogP contribution in [0, 0.1) is 18.6 Å². The topological polar surface area (TPSA) is 55.1 Å². The third-order valence-electron chi connectivity index (χ3n) is 2.89. The number of halogens is 2. The minimum absolute atomic E-state index is 0.276. The second kappa shape index (κ2) is 5.69. The molecule has 3 nitrogen and oxygen atoms in total. The number of hydrogen-bond acceptors (Lipinski definition) is 2. The maximum atomic E-state index is 13.3. The Kier molecular flexibility index (Phi) is 3.98. The number of rotatable bonds is 4. The molecule has 0 spiro atoms. The van der Waals surface area contributed by atoms with Crippen LogP contribution in [0.15, 0.2) is 42.5 Å². The average molecular weight is 276 g/mol. The van der Waals surface area contributed by atoms with Crippen molar-refractivity contribution in [1.82, 2.24) is 0 Å². The van der Waals surface area contributed by atoms with E-state index in [9.17, 15) is 13.6 Å². The highest BCUT2D eigenvalue weighted by Gasteiger charge is 2.19. The van der Waals surface area contributed by atoms with E-state index in [4.69, 9.17) is 5.73 Å². The predicted molar refractivity (Wildman–Crippen MR) is 73.1 cm³/mol. The van der Waals surface area contributed by atoms with Crippen LogP contribution in [0.5, 0.6) is 0 Å². The molecule has 3 N–H and O–H groups in total. The van der Waals surface area contributed by atoms with E-state index < -0.39 is 23.6 Å². The van der Waals surface area contributed by atoms with Gasteiger partial charge in [-0.3, -0.25) is 4.79 Å². The van der Waals surface area contributed by atoms with Crippen molar-refractivity contribution in [3.63, 3.8) is 0 Å². The molecule has 0 aromatic heterocycles. The maximum absolute atomic E-state index is 13.3. The number of anilines is 1. The predicted octanol–water partition coefficient (Wildman–Crippen LogP) is 2.91. The third-order valence-corrected chi connectivity index (χ3v) is 2.89. The van der Waals surface area contributed by atoms with Crippen molar-refractivity contribution in [3.05, 3.63) is 65.2 Å². The highest BCUT2D eigenvalue weighted by Crippen LogP contribution is 2.21. The van der Waals surface area contributed by atoms with Crippen LogP contribution in [0.25, 0.3) is 0 Å². The van der Waals surface area contributed by atoms with E-state index in [0.717, 1.165) is 17.7 Å². The molecule has 2 aromatic carbocycles. The van der Waals surface area contributed by atoms with Crippen LogP contribution in [-0.2, 0) is 4.79 Å². The standard InChI is InChI=1S/C15H14F2N2O/c1-9-3-2-4-11(7-9)19-14(15(18)20)10-5-6-12(16)13(17)8-10/h2-8,14,19H,1H3,(H2,18,20). The molecule has 0 heterocycles. The van der Waals surface area contributed by atoms with Gasteiger partial charge in [0.25, 0.3) is 0 Å². The normalized spacial score (nSPS) is 11.9. The highest BCUT2D eigenvalue weighted by molar-refractivity contribution is 5.84. The molecular formula is C15H14F2N2O. The van der Waals surface area contributed by atoms with Gasteiger partial charge >= 0.3 is 0 Å². The number of nitrogens with two attached hydrogens (primary N) is 1. The van der Waals surface area contributed by atoms with E-state index in [1.807, 2.05) is 25.1 Å². The van der Waals surface area contributed by atoms with Crippen molar-refractivity contribution >= 4 is 11.6 Å². The number of carbonyl (C=O) groups excluding carboxylic acids is 1. The van der Waals surface area contributed by atoms with Crippen LogP contribution in [-0.4, -0.2) is 5.91 Å². The summed E-state index contributed by atoms with van der Waals surface area (Å²) in [5.74, 6) is -2.65. The molecular weight excluding hydrogens is 262 g/mol. The van der Waals surface area contributed by atoms with E-state index in [2.05, 4.69) is 5.32 Å². The molecule has 0 aliphatic carbocycles. The van der Waals surface area contributed by atoms with Crippen molar-refractivity contribution in [2.24, 2.45) is 5.73 Å². The Labute approximate surface area is 115 Å². The Morgan fingerprint density at radius 1 is 1.15 bits per heavy atom. The van der Waals surface area contributed by atoms with Crippen LogP contribution < -0.4 is 11.1 Å². The van der Waals surface area contributed by atoms with E-state index >= 15 is 0 Å². The van der Waals surface area contributed by atoms with Gasteiger partial charge in [0, 0.05) is 5.69 Å². The fourth-order valence-corrected chi connectivity index (χ4v) is 1.91. The summed E-state index contributed by atoms with van der Waals surface area (Å²) in [6, 6.07) is 9.66. The van der Waals surface area contributed by atoms with Gasteiger partial charge in [0.2, 0.25) is 5.91 Å². The van der Waals surface area contributed by atoms with Crippen LogP contribution in [0.2, 0.25) is 0 Å². The molecule has 2 aromatic rings. The number of amides is 1. The first-order chi connectivity index (χ1) is 9.47. The van der Waals surface area contributed by atoms with Crippen molar-refractivity contribution in [2.45, 2.75) is 13.0 Å². The fraction of sp³-hybridized carbons (Fsp3) is 0.133. The number of benzene rings is 2. The Bertz CT molecular complexity index is 644. The first kappa shape index (κ1) is 14.0. The summed E-state index contributed by atoms with van der Waals surface area (Å²) in [5.41, 5.74) is 7.28. The lowest BCUT2D eigenvalue weighted by atomic mass is 10.1. The number of hydrogen-bond donors (Lipinski definition) is 2. The largest absolute Gasteiger partial charge is 0.370 e. The molecule has 0 aliphatic rings. The molecule has 0 bridgehead atoms. The molecule has 1 unspecified atom stereocenters. The summed E-state index contributed by atoms with van der Waals surface area (Å²) in [6.07, 6.45) is 0. The van der Waals surface area contributed by atoms with Crippen molar-refractivity contribution in [3.8, 4) is 0 Å². The summed E-state index contributed by atoms with van der Waals surface area (Å²) in [7, 11) is 0. The summed E-state index contributed by atoms with van der Waals surface area (Å²) in [6.45, 7) is 1.90. The highest BCUT2D eigenvalue weighted by atomic mass is 19.2. The number of nitrogens with one attached hydrogen (secondary N) is 1. The zero-order valence-corrected chi connectivity index (χ0v) is 10.9. The fourth-order valence-electron chi connectivity index (χ4n) is 1.91. The number of primary amides is 1. The quantitative estimate of drug-likeness (QED) is 0.902. The molecule has 5 heteroatoms. The first-order valence-corrected chi connectivity index (χ1v) is 6.05. The minimum atomic E-state index is -1.01. The van der Waals surface area contributed by atoms with Crippen LogP contribution in [0.4, 0.5) is 14.5 Å². The first-order valence-electron chi connectivity index (χ1n) is 6.05. The van der Waals surface area contributed by atoms with Crippen molar-refractivity contribution in [1.29, 1.82) is 0 Å². The van der Waals surface area contributed by atoms with Gasteiger partial charge in [-0.05, 0) is 42.3 Å². The molecule has 0 radical (unpaired) electrons. The minimum Gasteiger partial charge on any atom is -0.370 e. The molecule has 0 saturated carbocycles. The second-order valence-electron chi connectivity index (χ2n) is 4.52. The lowest BCUT2D eigenvalue weighted by Gasteiger charge is -2.17.